The van der Waals surface area contributed by atoms with Crippen molar-refractivity contribution in [3.63, 3.8) is 0 Å². The van der Waals surface area contributed by atoms with Crippen molar-refractivity contribution in [2.45, 2.75) is 10.4 Å². The molecular weight excluding hydrogens is 446 g/mol. The van der Waals surface area contributed by atoms with E-state index in [9.17, 15) is 22.8 Å². The first-order valence-electron chi connectivity index (χ1n) is 9.91. The average Bonchev–Trinajstić information content (AvgIpc) is 3.34. The monoisotopic (exact) mass is 467 g/mol. The second-order valence-corrected chi connectivity index (χ2v) is 9.69. The molecule has 0 saturated carbocycles. The van der Waals surface area contributed by atoms with Gasteiger partial charge in [-0.3, -0.25) is 19.6 Å². The van der Waals surface area contributed by atoms with Crippen molar-refractivity contribution in [3.05, 3.63) is 72.1 Å². The third-order valence-corrected chi connectivity index (χ3v) is 6.61. The van der Waals surface area contributed by atoms with Crippen LogP contribution in [-0.2, 0) is 27.2 Å². The van der Waals surface area contributed by atoms with Gasteiger partial charge in [-0.15, -0.1) is 0 Å². The summed E-state index contributed by atoms with van der Waals surface area (Å²) in [6.45, 7) is -0.204. The summed E-state index contributed by atoms with van der Waals surface area (Å²) in [6, 6.07) is 14.0. The Bertz CT molecular complexity index is 1360. The lowest BCUT2D eigenvalue weighted by atomic mass is 9.94. The number of rotatable bonds is 6. The Morgan fingerprint density at radius 3 is 2.36 bits per heavy atom. The largest absolute Gasteiger partial charge is 0.349 e. The van der Waals surface area contributed by atoms with Crippen LogP contribution in [-0.4, -0.2) is 48.8 Å². The molecule has 1 unspecified atom stereocenters. The van der Waals surface area contributed by atoms with Crippen molar-refractivity contribution in [2.24, 2.45) is 7.05 Å². The van der Waals surface area contributed by atoms with Gasteiger partial charge in [0.1, 0.15) is 0 Å². The van der Waals surface area contributed by atoms with Crippen LogP contribution in [0.5, 0.6) is 0 Å². The van der Waals surface area contributed by atoms with Gasteiger partial charge in [0.2, 0.25) is 0 Å². The van der Waals surface area contributed by atoms with Crippen LogP contribution >= 0.6 is 0 Å². The van der Waals surface area contributed by atoms with E-state index in [0.29, 0.717) is 22.4 Å². The highest BCUT2D eigenvalue weighted by Crippen LogP contribution is 2.27. The molecular formula is C22H21N5O5S. The lowest BCUT2D eigenvalue weighted by Crippen LogP contribution is -2.53. The van der Waals surface area contributed by atoms with Gasteiger partial charge in [-0.05, 0) is 35.4 Å². The molecule has 11 heteroatoms. The molecule has 170 valence electrons. The molecule has 1 aliphatic rings. The normalized spacial score (nSPS) is 18.0. The minimum atomic E-state index is -3.35. The number of benzene rings is 2. The summed E-state index contributed by atoms with van der Waals surface area (Å²) < 4.78 is 24.9. The third kappa shape index (κ3) is 4.10. The molecule has 0 bridgehead atoms. The molecule has 0 radical (unpaired) electrons. The van der Waals surface area contributed by atoms with Gasteiger partial charge in [-0.2, -0.15) is 5.10 Å². The van der Waals surface area contributed by atoms with Gasteiger partial charge in [-0.25, -0.2) is 13.2 Å². The van der Waals surface area contributed by atoms with Crippen LogP contribution in [0.3, 0.4) is 0 Å². The van der Waals surface area contributed by atoms with E-state index < -0.39 is 33.2 Å². The SMILES string of the molecule is Cn1nccc1C1(CNC(=O)c2ccccc2-c2ccc(S(C)(=O)=O)cc2)NC(=O)NC1=O. The van der Waals surface area contributed by atoms with Gasteiger partial charge >= 0.3 is 6.03 Å². The number of aromatic nitrogens is 2. The van der Waals surface area contributed by atoms with Crippen LogP contribution in [0.4, 0.5) is 4.79 Å². The highest BCUT2D eigenvalue weighted by Gasteiger charge is 2.49. The molecule has 1 fully saturated rings. The van der Waals surface area contributed by atoms with Crippen LogP contribution < -0.4 is 16.0 Å². The number of amides is 4. The first-order chi connectivity index (χ1) is 15.6. The molecule has 3 aromatic rings. The second-order valence-electron chi connectivity index (χ2n) is 7.68. The van der Waals surface area contributed by atoms with Crippen molar-refractivity contribution < 1.29 is 22.8 Å². The number of carbonyl (C=O) groups is 3. The summed E-state index contributed by atoms with van der Waals surface area (Å²) in [5.41, 5.74) is 0.473. The molecule has 10 nitrogen and oxygen atoms in total. The Hall–Kier alpha value is -3.99. The Balaban J connectivity index is 1.63. The summed E-state index contributed by atoms with van der Waals surface area (Å²) in [4.78, 5) is 37.9. The maximum absolute atomic E-state index is 13.1. The van der Waals surface area contributed by atoms with Crippen molar-refractivity contribution in [1.29, 1.82) is 0 Å². The molecule has 2 heterocycles. The van der Waals surface area contributed by atoms with Crippen LogP contribution in [0, 0.1) is 0 Å². The zero-order valence-corrected chi connectivity index (χ0v) is 18.6. The fourth-order valence-corrected chi connectivity index (χ4v) is 4.43. The standard InChI is InChI=1S/C22H21N5O5S/c1-27-18(11-12-24-27)22(20(29)25-21(30)26-22)13-23-19(28)17-6-4-3-5-16(17)14-7-9-15(10-8-14)33(2,31)32/h3-12H,13H2,1-2H3,(H,23,28)(H2,25,26,29,30). The Morgan fingerprint density at radius 2 is 1.79 bits per heavy atom. The molecule has 33 heavy (non-hydrogen) atoms. The summed E-state index contributed by atoms with van der Waals surface area (Å²) in [7, 11) is -1.72. The van der Waals surface area contributed by atoms with E-state index in [4.69, 9.17) is 0 Å². The van der Waals surface area contributed by atoms with E-state index in [1.54, 1.807) is 49.5 Å². The molecule has 3 N–H and O–H groups in total. The zero-order valence-electron chi connectivity index (χ0n) is 17.8. The van der Waals surface area contributed by atoms with Gasteiger partial charge in [0.25, 0.3) is 11.8 Å². The molecule has 1 aliphatic heterocycles. The molecule has 4 rings (SSSR count). The van der Waals surface area contributed by atoms with Crippen LogP contribution in [0.15, 0.2) is 65.7 Å². The minimum Gasteiger partial charge on any atom is -0.349 e. The van der Waals surface area contributed by atoms with Gasteiger partial charge < -0.3 is 10.6 Å². The number of carbonyl (C=O) groups excluding carboxylic acids is 3. The summed E-state index contributed by atoms with van der Waals surface area (Å²) >= 11 is 0. The number of hydrogen-bond donors (Lipinski definition) is 3. The molecule has 2 aromatic carbocycles. The lowest BCUT2D eigenvalue weighted by Gasteiger charge is -2.26. The minimum absolute atomic E-state index is 0.175. The number of imide groups is 1. The molecule has 1 atom stereocenters. The predicted molar refractivity (Wildman–Crippen MR) is 119 cm³/mol. The number of nitrogens with zero attached hydrogens (tertiary/aromatic N) is 2. The van der Waals surface area contributed by atoms with E-state index in [0.717, 1.165) is 6.26 Å². The number of aryl methyl sites for hydroxylation is 1. The van der Waals surface area contributed by atoms with Gasteiger partial charge in [-0.1, -0.05) is 30.3 Å². The van der Waals surface area contributed by atoms with Gasteiger partial charge in [0.05, 0.1) is 17.1 Å². The van der Waals surface area contributed by atoms with Crippen molar-refractivity contribution in [1.82, 2.24) is 25.7 Å². The first-order valence-corrected chi connectivity index (χ1v) is 11.8. The zero-order chi connectivity index (χ0) is 23.8. The van der Waals surface area contributed by atoms with E-state index in [2.05, 4.69) is 21.0 Å². The molecule has 1 saturated heterocycles. The van der Waals surface area contributed by atoms with Crippen molar-refractivity contribution in [3.8, 4) is 11.1 Å². The van der Waals surface area contributed by atoms with E-state index >= 15 is 0 Å². The number of hydrogen-bond acceptors (Lipinski definition) is 6. The highest BCUT2D eigenvalue weighted by atomic mass is 32.2. The fourth-order valence-electron chi connectivity index (χ4n) is 3.80. The Labute approximate surface area is 189 Å². The second kappa shape index (κ2) is 8.17. The highest BCUT2D eigenvalue weighted by molar-refractivity contribution is 7.90. The number of sulfone groups is 1. The van der Waals surface area contributed by atoms with Crippen molar-refractivity contribution in [2.75, 3.05) is 12.8 Å². The van der Waals surface area contributed by atoms with E-state index in [-0.39, 0.29) is 11.4 Å². The Morgan fingerprint density at radius 1 is 1.09 bits per heavy atom. The Kier molecular flexibility index (Phi) is 5.50. The molecule has 4 amide bonds. The van der Waals surface area contributed by atoms with E-state index in [1.807, 2.05) is 0 Å². The van der Waals surface area contributed by atoms with Gasteiger partial charge in [0.15, 0.2) is 15.4 Å². The third-order valence-electron chi connectivity index (χ3n) is 5.48. The van der Waals surface area contributed by atoms with Crippen LogP contribution in [0.2, 0.25) is 0 Å². The quantitative estimate of drug-likeness (QED) is 0.462. The molecule has 1 aromatic heterocycles. The topological polar surface area (TPSA) is 139 Å². The molecule has 0 aliphatic carbocycles. The average molecular weight is 468 g/mol. The summed E-state index contributed by atoms with van der Waals surface area (Å²) in [5, 5.41) is 11.6. The first kappa shape index (κ1) is 22.2. The maximum atomic E-state index is 13.1. The maximum Gasteiger partial charge on any atom is 0.322 e. The van der Waals surface area contributed by atoms with Crippen molar-refractivity contribution >= 4 is 27.7 Å². The lowest BCUT2D eigenvalue weighted by molar-refractivity contribution is -0.124. The van der Waals surface area contributed by atoms with Crippen LogP contribution in [0.25, 0.3) is 11.1 Å². The van der Waals surface area contributed by atoms with E-state index in [1.165, 1.54) is 23.0 Å². The fraction of sp³-hybridized carbons (Fsp3) is 0.182. The molecule has 0 spiro atoms. The van der Waals surface area contributed by atoms with Crippen LogP contribution in [0.1, 0.15) is 16.1 Å². The predicted octanol–water partition coefficient (Wildman–Crippen LogP) is 0.955. The summed E-state index contributed by atoms with van der Waals surface area (Å²) in [5.74, 6) is -1.06. The number of nitrogens with one attached hydrogen (secondary N) is 3. The smallest absolute Gasteiger partial charge is 0.322 e. The van der Waals surface area contributed by atoms with Gasteiger partial charge in [0, 0.05) is 25.1 Å². The number of urea groups is 1. The summed E-state index contributed by atoms with van der Waals surface area (Å²) in [6.07, 6.45) is 2.62.